The molecular formula is H4CaCuFeIKMgMnNaPSeZn. The van der Waals surface area contributed by atoms with Crippen LogP contribution < -0.4 is 0 Å². The summed E-state index contributed by atoms with van der Waals surface area (Å²) in [5, 5.41) is 0. The molecule has 0 amide bonds. The minimum absolute atomic E-state index is 0. The van der Waals surface area contributed by atoms with Gasteiger partial charge in [-0.3, -0.25) is 0 Å². The monoisotopic (exact) mass is 605 g/mol. The molecule has 0 bridgehead atoms. The average Bonchev–Trinajstić information content (AvgIpc) is 0. The Hall–Kier alpha value is 8.52. The number of halogens is 1. The molecule has 0 nitrogen and oxygen atoms in total. The Morgan fingerprint density at radius 2 is 1.00 bits per heavy atom. The normalized spacial score (nSPS) is 0. The average molecular weight is 607 g/mol. The van der Waals surface area contributed by atoms with Crippen molar-refractivity contribution in [2.45, 2.75) is 0 Å². The maximum absolute atomic E-state index is 0. The largest absolute Gasteiger partial charge is 0.153 e. The molecule has 0 aliphatic heterocycles. The van der Waals surface area contributed by atoms with Gasteiger partial charge in [0.25, 0.3) is 0 Å². The standard InChI is InChI=1S/Ca.Cu.Fe.HI.K.Mg.Mn.Na.H3P.Se.Zn/h;;;1H;;;;;1H3;;. The summed E-state index contributed by atoms with van der Waals surface area (Å²) in [6.07, 6.45) is 0. The van der Waals surface area contributed by atoms with Crippen molar-refractivity contribution in [1.29, 1.82) is 0 Å². The summed E-state index contributed by atoms with van der Waals surface area (Å²) in [7, 11) is 0. The van der Waals surface area contributed by atoms with Crippen LogP contribution in [0.25, 0.3) is 0 Å². The third-order valence-electron chi connectivity index (χ3n) is 0. The van der Waals surface area contributed by atoms with Crippen LogP contribution >= 0.6 is 33.9 Å². The van der Waals surface area contributed by atoms with Gasteiger partial charge >= 0.3 is 0 Å². The summed E-state index contributed by atoms with van der Waals surface area (Å²) in [5.74, 6) is 0. The van der Waals surface area contributed by atoms with Crippen molar-refractivity contribution in [3.05, 3.63) is 0 Å². The van der Waals surface area contributed by atoms with Crippen LogP contribution in [0.15, 0.2) is 0 Å². The summed E-state index contributed by atoms with van der Waals surface area (Å²) in [5.41, 5.74) is 0. The molecule has 1 unspecified atom stereocenters. The van der Waals surface area contributed by atoms with E-state index < -0.39 is 0 Å². The van der Waals surface area contributed by atoms with Crippen molar-refractivity contribution in [1.82, 2.24) is 0 Å². The third kappa shape index (κ3) is 69.6. The van der Waals surface area contributed by atoms with Gasteiger partial charge in [-0.1, -0.05) is 0 Å². The smallest absolute Gasteiger partial charge is 0 e. The van der Waals surface area contributed by atoms with Crippen LogP contribution in [0.5, 0.6) is 0 Å². The molecule has 0 saturated carbocycles. The minimum Gasteiger partial charge on any atom is -0.153 e. The summed E-state index contributed by atoms with van der Waals surface area (Å²) >= 11 is 0. The van der Waals surface area contributed by atoms with E-state index in [0.29, 0.717) is 0 Å². The molecule has 0 spiro atoms. The first-order valence-electron chi connectivity index (χ1n) is 0. The van der Waals surface area contributed by atoms with Crippen LogP contribution in [0.1, 0.15) is 0 Å². The van der Waals surface area contributed by atoms with Gasteiger partial charge in [0, 0.05) is 229 Å². The predicted molar refractivity (Wildman–Crippen MR) is 55.3 cm³/mol. The predicted octanol–water partition coefficient (Wildman–Crippen LogP) is -1.24. The Bertz CT molecular complexity index is 38.1. The topological polar surface area (TPSA) is 0 Å². The van der Waals surface area contributed by atoms with E-state index in [1.54, 1.807) is 0 Å². The van der Waals surface area contributed by atoms with Crippen LogP contribution in [-0.4, -0.2) is 159 Å². The molecule has 11 heteroatoms. The van der Waals surface area contributed by atoms with Crippen molar-refractivity contribution >= 4 is 193 Å². The quantitative estimate of drug-likeness (QED) is 0.184. The fourth-order valence-corrected chi connectivity index (χ4v) is 0. The molecule has 0 aromatic rings. The molecule has 0 aliphatic rings. The molecule has 0 aliphatic carbocycles. The van der Waals surface area contributed by atoms with E-state index in [2.05, 4.69) is 0 Å². The first-order valence-corrected chi connectivity index (χ1v) is 0. The van der Waals surface area contributed by atoms with Crippen molar-refractivity contribution in [3.8, 4) is 0 Å². The van der Waals surface area contributed by atoms with E-state index in [0.717, 1.165) is 0 Å². The summed E-state index contributed by atoms with van der Waals surface area (Å²) < 4.78 is 0. The maximum Gasteiger partial charge on any atom is 0 e. The second-order valence-electron chi connectivity index (χ2n) is 0. The second kappa shape index (κ2) is 78.3. The zero-order valence-corrected chi connectivity index (χ0v) is 27.1. The van der Waals surface area contributed by atoms with E-state index in [9.17, 15) is 0 Å². The van der Waals surface area contributed by atoms with Crippen molar-refractivity contribution < 1.29 is 70.7 Å². The molecule has 10 radical (unpaired) electrons. The van der Waals surface area contributed by atoms with E-state index >= 15 is 0 Å². The van der Waals surface area contributed by atoms with Crippen LogP contribution in [0.2, 0.25) is 0 Å². The van der Waals surface area contributed by atoms with Gasteiger partial charge in [0.2, 0.25) is 0 Å². The molecule has 0 aromatic heterocycles. The Morgan fingerprint density at radius 1 is 1.00 bits per heavy atom. The minimum atomic E-state index is 0. The van der Waals surface area contributed by atoms with E-state index in [1.807, 2.05) is 0 Å². The third-order valence-corrected chi connectivity index (χ3v) is 0. The van der Waals surface area contributed by atoms with E-state index in [1.165, 1.54) is 0 Å². The molecular weight excluding hydrogens is 603 g/mol. The second-order valence-corrected chi connectivity index (χ2v) is 0. The summed E-state index contributed by atoms with van der Waals surface area (Å²) in [4.78, 5) is 0. The Balaban J connectivity index is 0. The number of rotatable bonds is 0. The zero-order valence-electron chi connectivity index (χ0n) is 6.68. The van der Waals surface area contributed by atoms with Gasteiger partial charge < -0.3 is 0 Å². The molecule has 0 rings (SSSR count). The molecule has 56 valence electrons. The van der Waals surface area contributed by atoms with Gasteiger partial charge in [0.15, 0.2) is 0 Å². The molecule has 11 heavy (non-hydrogen) atoms. The van der Waals surface area contributed by atoms with E-state index in [-0.39, 0.29) is 263 Å². The molecule has 0 heterocycles. The van der Waals surface area contributed by atoms with Gasteiger partial charge in [-0.05, 0) is 0 Å². The molecule has 0 fully saturated rings. The van der Waals surface area contributed by atoms with Crippen molar-refractivity contribution in [2.24, 2.45) is 0 Å². The Labute approximate surface area is 255 Å². The van der Waals surface area contributed by atoms with Gasteiger partial charge in [-0.15, -0.1) is 24.0 Å². The fourth-order valence-electron chi connectivity index (χ4n) is 0. The van der Waals surface area contributed by atoms with Gasteiger partial charge in [0.1, 0.15) is 0 Å². The van der Waals surface area contributed by atoms with Gasteiger partial charge in [-0.25, -0.2) is 0 Å². The molecule has 0 saturated heterocycles. The van der Waals surface area contributed by atoms with Crippen LogP contribution in [0.4, 0.5) is 0 Å². The van der Waals surface area contributed by atoms with E-state index in [4.69, 9.17) is 0 Å². The summed E-state index contributed by atoms with van der Waals surface area (Å²) in [6.45, 7) is 0. The Kier molecular flexibility index (Phi) is 656. The van der Waals surface area contributed by atoms with Crippen LogP contribution in [0.3, 0.4) is 0 Å². The summed E-state index contributed by atoms with van der Waals surface area (Å²) in [6, 6.07) is 0. The molecule has 1 atom stereocenters. The van der Waals surface area contributed by atoms with Crippen molar-refractivity contribution in [2.75, 3.05) is 0 Å². The maximum atomic E-state index is 0. The van der Waals surface area contributed by atoms with Crippen LogP contribution in [-0.2, 0) is 70.7 Å². The molecule has 0 N–H and O–H groups in total. The number of hydrogen-bond donors (Lipinski definition) is 0. The van der Waals surface area contributed by atoms with Crippen LogP contribution in [0, 0.1) is 0 Å². The van der Waals surface area contributed by atoms with Gasteiger partial charge in [0.05, 0.1) is 0 Å². The first-order chi connectivity index (χ1) is 0. The number of hydrogen-bond acceptors (Lipinski definition) is 0. The first kappa shape index (κ1) is 92.2. The molecule has 0 aromatic carbocycles. The SMILES string of the molecule is I.P.[Ca].[Cu].[Fe].[K].[Mg].[Mn].[Na].[Se].[Zn]. The Morgan fingerprint density at radius 3 is 1.00 bits per heavy atom. The van der Waals surface area contributed by atoms with Gasteiger partial charge in [-0.2, -0.15) is 9.90 Å². The fraction of sp³-hybridized carbons (Fsp3) is 0. The van der Waals surface area contributed by atoms with Crippen molar-refractivity contribution in [3.63, 3.8) is 0 Å². The zero-order chi connectivity index (χ0) is 0.